The van der Waals surface area contributed by atoms with Crippen LogP contribution in [0.15, 0.2) is 24.3 Å². The highest BCUT2D eigenvalue weighted by Crippen LogP contribution is 2.15. The molecule has 0 saturated carbocycles. The smallest absolute Gasteiger partial charge is 0.308 e. The van der Waals surface area contributed by atoms with Crippen molar-refractivity contribution in [2.75, 3.05) is 36.9 Å². The fourth-order valence-electron chi connectivity index (χ4n) is 2.93. The van der Waals surface area contributed by atoms with Crippen molar-refractivity contribution in [2.45, 2.75) is 40.2 Å². The summed E-state index contributed by atoms with van der Waals surface area (Å²) in [5.74, 6) is -1.14. The van der Waals surface area contributed by atoms with Gasteiger partial charge in [-0.25, -0.2) is 0 Å². The first kappa shape index (κ1) is 24.2. The topological polar surface area (TPSA) is 117 Å². The van der Waals surface area contributed by atoms with Crippen molar-refractivity contribution in [1.82, 2.24) is 10.2 Å². The highest BCUT2D eigenvalue weighted by atomic mass is 16.5. The normalized spacial score (nSPS) is 16.1. The maximum Gasteiger partial charge on any atom is 0.308 e. The first-order valence-corrected chi connectivity index (χ1v) is 10.5. The van der Waals surface area contributed by atoms with E-state index in [9.17, 15) is 19.2 Å². The fourth-order valence-corrected chi connectivity index (χ4v) is 2.93. The lowest BCUT2D eigenvalue weighted by atomic mass is 10.1. The molecule has 0 spiro atoms. The molecule has 1 heterocycles. The molecule has 3 N–H and O–H groups in total. The van der Waals surface area contributed by atoms with Crippen LogP contribution in [0.4, 0.5) is 11.4 Å². The number of amides is 3. The quantitative estimate of drug-likeness (QED) is 0.511. The minimum absolute atomic E-state index is 0.0253. The van der Waals surface area contributed by atoms with E-state index in [1.165, 1.54) is 4.90 Å². The first-order chi connectivity index (χ1) is 14.7. The fraction of sp³-hybridized carbons (Fsp3) is 0.545. The SMILES string of the molecule is CC(C)COC(=O)CC1C(=O)NCCN1C(=O)CNc1ccc(NC(=O)C(C)C)cc1. The number of nitrogens with one attached hydrogen (secondary N) is 3. The third kappa shape index (κ3) is 7.58. The van der Waals surface area contributed by atoms with Crippen LogP contribution in [0.25, 0.3) is 0 Å². The van der Waals surface area contributed by atoms with Crippen molar-refractivity contribution in [3.05, 3.63) is 24.3 Å². The average Bonchev–Trinajstić information content (AvgIpc) is 2.72. The van der Waals surface area contributed by atoms with Crippen LogP contribution in [0.3, 0.4) is 0 Å². The molecule has 9 nitrogen and oxygen atoms in total. The van der Waals surface area contributed by atoms with Crippen LogP contribution in [0.2, 0.25) is 0 Å². The van der Waals surface area contributed by atoms with Gasteiger partial charge < -0.3 is 25.6 Å². The second-order valence-corrected chi connectivity index (χ2v) is 8.25. The van der Waals surface area contributed by atoms with Crippen molar-refractivity contribution < 1.29 is 23.9 Å². The van der Waals surface area contributed by atoms with Crippen LogP contribution in [-0.2, 0) is 23.9 Å². The van der Waals surface area contributed by atoms with Crippen molar-refractivity contribution in [1.29, 1.82) is 0 Å². The van der Waals surface area contributed by atoms with Crippen molar-refractivity contribution >= 4 is 35.1 Å². The Labute approximate surface area is 182 Å². The summed E-state index contributed by atoms with van der Waals surface area (Å²) in [4.78, 5) is 50.2. The van der Waals surface area contributed by atoms with Gasteiger partial charge in [0.15, 0.2) is 0 Å². The molecule has 31 heavy (non-hydrogen) atoms. The molecule has 1 aromatic rings. The Morgan fingerprint density at radius 3 is 2.39 bits per heavy atom. The molecule has 1 unspecified atom stereocenters. The van der Waals surface area contributed by atoms with Gasteiger partial charge >= 0.3 is 5.97 Å². The summed E-state index contributed by atoms with van der Waals surface area (Å²) in [5.41, 5.74) is 1.37. The van der Waals surface area contributed by atoms with Crippen LogP contribution >= 0.6 is 0 Å². The van der Waals surface area contributed by atoms with E-state index in [0.717, 1.165) is 0 Å². The van der Waals surface area contributed by atoms with E-state index < -0.39 is 12.0 Å². The van der Waals surface area contributed by atoms with E-state index in [-0.39, 0.29) is 49.1 Å². The van der Waals surface area contributed by atoms with Gasteiger partial charge in [0.05, 0.1) is 19.6 Å². The van der Waals surface area contributed by atoms with E-state index in [1.54, 1.807) is 24.3 Å². The van der Waals surface area contributed by atoms with Gasteiger partial charge in [-0.1, -0.05) is 27.7 Å². The van der Waals surface area contributed by atoms with Gasteiger partial charge in [-0.05, 0) is 30.2 Å². The van der Waals surface area contributed by atoms with Crippen LogP contribution in [0.1, 0.15) is 34.1 Å². The van der Waals surface area contributed by atoms with E-state index in [2.05, 4.69) is 16.0 Å². The molecule has 170 valence electrons. The van der Waals surface area contributed by atoms with E-state index >= 15 is 0 Å². The highest BCUT2D eigenvalue weighted by Gasteiger charge is 2.35. The Bertz CT molecular complexity index is 792. The zero-order valence-electron chi connectivity index (χ0n) is 18.6. The van der Waals surface area contributed by atoms with Crippen LogP contribution in [0.5, 0.6) is 0 Å². The molecule has 1 saturated heterocycles. The molecule has 1 aliphatic heterocycles. The Hall–Kier alpha value is -3.10. The number of hydrogen-bond acceptors (Lipinski definition) is 6. The molecule has 0 aromatic heterocycles. The first-order valence-electron chi connectivity index (χ1n) is 10.5. The van der Waals surface area contributed by atoms with Crippen molar-refractivity contribution in [2.24, 2.45) is 11.8 Å². The van der Waals surface area contributed by atoms with Crippen LogP contribution < -0.4 is 16.0 Å². The van der Waals surface area contributed by atoms with Gasteiger partial charge in [-0.3, -0.25) is 19.2 Å². The summed E-state index contributed by atoms with van der Waals surface area (Å²) >= 11 is 0. The summed E-state index contributed by atoms with van der Waals surface area (Å²) < 4.78 is 5.16. The lowest BCUT2D eigenvalue weighted by Gasteiger charge is -2.34. The predicted octanol–water partition coefficient (Wildman–Crippen LogP) is 1.61. The van der Waals surface area contributed by atoms with Crippen molar-refractivity contribution in [3.63, 3.8) is 0 Å². The number of ether oxygens (including phenoxy) is 1. The molecular formula is C22H32N4O5. The number of carbonyl (C=O) groups excluding carboxylic acids is 4. The number of esters is 1. The summed E-state index contributed by atoms with van der Waals surface area (Å²) in [6, 6.07) is 6.13. The minimum atomic E-state index is -0.878. The number of hydrogen-bond donors (Lipinski definition) is 3. The Balaban J connectivity index is 1.92. The maximum atomic E-state index is 12.7. The van der Waals surface area contributed by atoms with E-state index in [1.807, 2.05) is 27.7 Å². The van der Waals surface area contributed by atoms with Gasteiger partial charge in [0.2, 0.25) is 17.7 Å². The molecule has 1 atom stereocenters. The standard InChI is InChI=1S/C22H32N4O5/c1-14(2)13-31-20(28)11-18-22(30)23-9-10-26(18)19(27)12-24-16-5-7-17(8-6-16)25-21(29)15(3)4/h5-8,14-15,18,24H,9-13H2,1-4H3,(H,23,30)(H,25,29). The average molecular weight is 433 g/mol. The molecule has 2 rings (SSSR count). The number of anilines is 2. The largest absolute Gasteiger partial charge is 0.465 e. The maximum absolute atomic E-state index is 12.7. The van der Waals surface area contributed by atoms with Gasteiger partial charge in [-0.15, -0.1) is 0 Å². The predicted molar refractivity (Wildman–Crippen MR) is 117 cm³/mol. The summed E-state index contributed by atoms with van der Waals surface area (Å²) in [7, 11) is 0. The third-order valence-electron chi connectivity index (χ3n) is 4.71. The van der Waals surface area contributed by atoms with Gasteiger partial charge in [0.25, 0.3) is 0 Å². The Kier molecular flexibility index (Phi) is 8.84. The van der Waals surface area contributed by atoms with Crippen LogP contribution in [0, 0.1) is 11.8 Å². The number of benzene rings is 1. The molecule has 1 aromatic carbocycles. The third-order valence-corrected chi connectivity index (χ3v) is 4.71. The van der Waals surface area contributed by atoms with Gasteiger partial charge in [0.1, 0.15) is 6.04 Å². The monoisotopic (exact) mass is 432 g/mol. The second-order valence-electron chi connectivity index (χ2n) is 8.25. The zero-order valence-corrected chi connectivity index (χ0v) is 18.6. The lowest BCUT2D eigenvalue weighted by molar-refractivity contribution is -0.152. The molecule has 3 amide bonds. The number of carbonyl (C=O) groups is 4. The lowest BCUT2D eigenvalue weighted by Crippen LogP contribution is -2.58. The van der Waals surface area contributed by atoms with Crippen LogP contribution in [-0.4, -0.2) is 60.9 Å². The number of piperazine rings is 1. The molecule has 0 radical (unpaired) electrons. The highest BCUT2D eigenvalue weighted by molar-refractivity contribution is 5.93. The summed E-state index contributed by atoms with van der Waals surface area (Å²) in [6.07, 6.45) is -0.172. The molecule has 0 aliphatic carbocycles. The van der Waals surface area contributed by atoms with Gasteiger partial charge in [0, 0.05) is 30.4 Å². The summed E-state index contributed by atoms with van der Waals surface area (Å²) in [6.45, 7) is 8.39. The summed E-state index contributed by atoms with van der Waals surface area (Å²) in [5, 5.41) is 8.52. The number of rotatable bonds is 9. The van der Waals surface area contributed by atoms with Gasteiger partial charge in [-0.2, -0.15) is 0 Å². The minimum Gasteiger partial charge on any atom is -0.465 e. The molecule has 0 bridgehead atoms. The zero-order chi connectivity index (χ0) is 23.0. The van der Waals surface area contributed by atoms with Crippen molar-refractivity contribution in [3.8, 4) is 0 Å². The second kappa shape index (κ2) is 11.3. The molecule has 1 aliphatic rings. The van der Waals surface area contributed by atoms with E-state index in [4.69, 9.17) is 4.74 Å². The number of nitrogens with zero attached hydrogens (tertiary/aromatic N) is 1. The van der Waals surface area contributed by atoms with E-state index in [0.29, 0.717) is 24.5 Å². The Morgan fingerprint density at radius 1 is 1.13 bits per heavy atom. The molecule has 1 fully saturated rings. The Morgan fingerprint density at radius 2 is 1.77 bits per heavy atom. The molecular weight excluding hydrogens is 400 g/mol. The molecule has 9 heteroatoms.